The molecule has 0 aliphatic heterocycles. The summed E-state index contributed by atoms with van der Waals surface area (Å²) < 4.78 is 10.7. The van der Waals surface area contributed by atoms with Gasteiger partial charge in [-0.3, -0.25) is 4.79 Å². The summed E-state index contributed by atoms with van der Waals surface area (Å²) in [5, 5.41) is 12.7. The number of rotatable bonds is 6. The van der Waals surface area contributed by atoms with Crippen LogP contribution in [-0.4, -0.2) is 25.7 Å². The lowest BCUT2D eigenvalue weighted by atomic mass is 9.86. The molecule has 1 aromatic rings. The van der Waals surface area contributed by atoms with E-state index in [4.69, 9.17) is 27.5 Å². The van der Waals surface area contributed by atoms with Crippen LogP contribution >= 0.6 is 11.6 Å². The molecule has 0 saturated heterocycles. The van der Waals surface area contributed by atoms with Crippen molar-refractivity contribution in [3.63, 3.8) is 0 Å². The maximum Gasteiger partial charge on any atom is 0.262 e. The molecule has 6 heteroatoms. The van der Waals surface area contributed by atoms with Gasteiger partial charge in [0.15, 0.2) is 11.5 Å². The number of hydrogen-bond donors (Lipinski definition) is 1. The van der Waals surface area contributed by atoms with Crippen molar-refractivity contribution in [2.45, 2.75) is 38.6 Å². The summed E-state index contributed by atoms with van der Waals surface area (Å²) in [6.07, 6.45) is 11.0. The van der Waals surface area contributed by atoms with Crippen LogP contribution in [0.3, 0.4) is 0 Å². The second-order valence-corrected chi connectivity index (χ2v) is 6.95. The molecule has 0 radical (unpaired) electrons. The predicted molar refractivity (Wildman–Crippen MR) is 105 cm³/mol. The maximum absolute atomic E-state index is 12.5. The maximum atomic E-state index is 12.5. The van der Waals surface area contributed by atoms with Crippen LogP contribution in [0.4, 0.5) is 0 Å². The molecule has 1 aliphatic carbocycles. The first-order valence-corrected chi connectivity index (χ1v) is 9.24. The van der Waals surface area contributed by atoms with Gasteiger partial charge in [-0.05, 0) is 42.5 Å². The van der Waals surface area contributed by atoms with Gasteiger partial charge in [0, 0.05) is 6.04 Å². The Morgan fingerprint density at radius 3 is 2.81 bits per heavy atom. The number of terminal acetylenes is 1. The molecule has 2 rings (SSSR count). The number of halogens is 1. The SMILES string of the molecule is C#CCOc1c(Cl)cc(/C=C(\C#N)C(=O)N[C@H]2CCCC[C@H]2C)cc1OC. The Bertz CT molecular complexity index is 805. The van der Waals surface area contributed by atoms with Gasteiger partial charge in [-0.2, -0.15) is 5.26 Å². The van der Waals surface area contributed by atoms with Crippen molar-refractivity contribution < 1.29 is 14.3 Å². The van der Waals surface area contributed by atoms with Crippen LogP contribution in [0.1, 0.15) is 38.2 Å². The number of carbonyl (C=O) groups excluding carboxylic acids is 1. The van der Waals surface area contributed by atoms with Crippen molar-refractivity contribution in [3.05, 3.63) is 28.3 Å². The molecule has 5 nitrogen and oxygen atoms in total. The van der Waals surface area contributed by atoms with Crippen molar-refractivity contribution in [1.29, 1.82) is 5.26 Å². The Morgan fingerprint density at radius 1 is 1.44 bits per heavy atom. The lowest BCUT2D eigenvalue weighted by Gasteiger charge is -2.29. The number of benzene rings is 1. The fourth-order valence-corrected chi connectivity index (χ4v) is 3.44. The molecule has 1 aliphatic rings. The highest BCUT2D eigenvalue weighted by atomic mass is 35.5. The van der Waals surface area contributed by atoms with Crippen LogP contribution in [-0.2, 0) is 4.79 Å². The van der Waals surface area contributed by atoms with E-state index in [1.807, 2.05) is 6.07 Å². The predicted octanol–water partition coefficient (Wildman–Crippen LogP) is 3.96. The van der Waals surface area contributed by atoms with Crippen LogP contribution < -0.4 is 14.8 Å². The monoisotopic (exact) mass is 386 g/mol. The Hall–Kier alpha value is -2.63. The summed E-state index contributed by atoms with van der Waals surface area (Å²) in [5.41, 5.74) is 0.580. The zero-order valence-corrected chi connectivity index (χ0v) is 16.3. The molecule has 2 atom stereocenters. The Morgan fingerprint density at radius 2 is 2.19 bits per heavy atom. The number of carbonyl (C=O) groups is 1. The Labute approximate surface area is 165 Å². The van der Waals surface area contributed by atoms with Gasteiger partial charge in [-0.25, -0.2) is 0 Å². The van der Waals surface area contributed by atoms with Crippen molar-refractivity contribution in [3.8, 4) is 29.9 Å². The third-order valence-electron chi connectivity index (χ3n) is 4.66. The van der Waals surface area contributed by atoms with E-state index in [1.54, 1.807) is 12.1 Å². The molecular weight excluding hydrogens is 364 g/mol. The first-order valence-electron chi connectivity index (χ1n) is 8.86. The van der Waals surface area contributed by atoms with E-state index in [9.17, 15) is 10.1 Å². The fourth-order valence-electron chi connectivity index (χ4n) is 3.17. The zero-order valence-electron chi connectivity index (χ0n) is 15.5. The zero-order chi connectivity index (χ0) is 19.8. The molecule has 1 N–H and O–H groups in total. The second-order valence-electron chi connectivity index (χ2n) is 6.54. The molecule has 1 saturated carbocycles. The number of nitrogens with one attached hydrogen (secondary N) is 1. The molecule has 1 aromatic carbocycles. The van der Waals surface area contributed by atoms with Gasteiger partial charge >= 0.3 is 0 Å². The largest absolute Gasteiger partial charge is 0.493 e. The Balaban J connectivity index is 2.23. The van der Waals surface area contributed by atoms with Gasteiger partial charge in [0.1, 0.15) is 18.2 Å². The lowest BCUT2D eigenvalue weighted by Crippen LogP contribution is -2.41. The summed E-state index contributed by atoms with van der Waals surface area (Å²) in [4.78, 5) is 12.5. The standard InChI is InChI=1S/C21H23ClN2O3/c1-4-9-27-20-17(22)11-15(12-19(20)26-3)10-16(13-23)21(25)24-18-8-6-5-7-14(18)2/h1,10-12,14,18H,5-9H2,2-3H3,(H,24,25)/b16-10+/t14-,18+/m1/s1. The first-order chi connectivity index (χ1) is 13.0. The fraction of sp³-hybridized carbons (Fsp3) is 0.429. The van der Waals surface area contributed by atoms with E-state index < -0.39 is 0 Å². The minimum Gasteiger partial charge on any atom is -0.493 e. The minimum atomic E-state index is -0.376. The van der Waals surface area contributed by atoms with Gasteiger partial charge in [-0.1, -0.05) is 37.3 Å². The number of methoxy groups -OCH3 is 1. The molecule has 1 amide bonds. The van der Waals surface area contributed by atoms with Gasteiger partial charge < -0.3 is 14.8 Å². The van der Waals surface area contributed by atoms with E-state index in [2.05, 4.69) is 18.2 Å². The van der Waals surface area contributed by atoms with E-state index in [-0.39, 0.29) is 29.2 Å². The average Bonchev–Trinajstić information content (AvgIpc) is 2.66. The lowest BCUT2D eigenvalue weighted by molar-refractivity contribution is -0.118. The van der Waals surface area contributed by atoms with Gasteiger partial charge in [0.05, 0.1) is 12.1 Å². The first kappa shape index (κ1) is 20.7. The van der Waals surface area contributed by atoms with E-state index >= 15 is 0 Å². The number of amides is 1. The minimum absolute atomic E-state index is 0.0168. The Kier molecular flexibility index (Phi) is 7.58. The van der Waals surface area contributed by atoms with Crippen LogP contribution in [0.15, 0.2) is 17.7 Å². The molecule has 27 heavy (non-hydrogen) atoms. The smallest absolute Gasteiger partial charge is 0.262 e. The molecule has 0 aromatic heterocycles. The number of nitrogens with zero attached hydrogens (tertiary/aromatic N) is 1. The highest BCUT2D eigenvalue weighted by molar-refractivity contribution is 6.32. The summed E-state index contributed by atoms with van der Waals surface area (Å²) in [6.45, 7) is 2.18. The quantitative estimate of drug-likeness (QED) is 0.456. The highest BCUT2D eigenvalue weighted by Crippen LogP contribution is 2.37. The van der Waals surface area contributed by atoms with Crippen molar-refractivity contribution in [2.24, 2.45) is 5.92 Å². The third-order valence-corrected chi connectivity index (χ3v) is 4.94. The topological polar surface area (TPSA) is 71.3 Å². The summed E-state index contributed by atoms with van der Waals surface area (Å²) in [7, 11) is 1.48. The number of ether oxygens (including phenoxy) is 2. The van der Waals surface area contributed by atoms with Gasteiger partial charge in [-0.15, -0.1) is 6.42 Å². The van der Waals surface area contributed by atoms with Crippen molar-refractivity contribution >= 4 is 23.6 Å². The number of nitriles is 1. The van der Waals surface area contributed by atoms with Crippen LogP contribution in [0.5, 0.6) is 11.5 Å². The summed E-state index contributed by atoms with van der Waals surface area (Å²) in [5.74, 6) is 3.10. The van der Waals surface area contributed by atoms with Gasteiger partial charge in [0.25, 0.3) is 5.91 Å². The van der Waals surface area contributed by atoms with Crippen LogP contribution in [0, 0.1) is 29.6 Å². The highest BCUT2D eigenvalue weighted by Gasteiger charge is 2.24. The average molecular weight is 387 g/mol. The van der Waals surface area contributed by atoms with Crippen molar-refractivity contribution in [1.82, 2.24) is 5.32 Å². The molecule has 1 fully saturated rings. The van der Waals surface area contributed by atoms with Crippen LogP contribution in [0.25, 0.3) is 6.08 Å². The molecule has 0 spiro atoms. The van der Waals surface area contributed by atoms with Crippen molar-refractivity contribution in [2.75, 3.05) is 13.7 Å². The molecular formula is C21H23ClN2O3. The summed E-state index contributed by atoms with van der Waals surface area (Å²) >= 11 is 6.24. The normalized spacial score (nSPS) is 19.5. The molecule has 0 bridgehead atoms. The molecule has 142 valence electrons. The number of hydrogen-bond acceptors (Lipinski definition) is 4. The van der Waals surface area contributed by atoms with E-state index in [1.165, 1.54) is 19.6 Å². The second kappa shape index (κ2) is 9.90. The van der Waals surface area contributed by atoms with Crippen LogP contribution in [0.2, 0.25) is 5.02 Å². The summed E-state index contributed by atoms with van der Waals surface area (Å²) in [6, 6.07) is 5.31. The van der Waals surface area contributed by atoms with E-state index in [0.29, 0.717) is 23.0 Å². The van der Waals surface area contributed by atoms with Gasteiger partial charge in [0.2, 0.25) is 0 Å². The molecule has 0 heterocycles. The third kappa shape index (κ3) is 5.42. The van der Waals surface area contributed by atoms with E-state index in [0.717, 1.165) is 19.3 Å². The molecule has 0 unspecified atom stereocenters.